The molecule has 0 aliphatic rings. The second-order valence-corrected chi connectivity index (χ2v) is 5.41. The van der Waals surface area contributed by atoms with Gasteiger partial charge in [0.05, 0.1) is 5.02 Å². The molecule has 2 aromatic carbocycles. The number of hydrogen-bond donors (Lipinski definition) is 2. The monoisotopic (exact) mass is 323 g/mol. The van der Waals surface area contributed by atoms with E-state index in [1.54, 1.807) is 12.1 Å². The molecular formula is C15H15Cl2N3O. The maximum Gasteiger partial charge on any atom is 0.171 e. The molecule has 0 aromatic heterocycles. The van der Waals surface area contributed by atoms with Gasteiger partial charge in [-0.05, 0) is 29.8 Å². The van der Waals surface area contributed by atoms with Crippen LogP contribution in [0, 0.1) is 0 Å². The highest BCUT2D eigenvalue weighted by Crippen LogP contribution is 2.25. The normalized spacial score (nSPS) is 11.5. The summed E-state index contributed by atoms with van der Waals surface area (Å²) in [6.45, 7) is 0.652. The van der Waals surface area contributed by atoms with E-state index in [1.165, 1.54) is 0 Å². The van der Waals surface area contributed by atoms with Crippen LogP contribution in [0.25, 0.3) is 0 Å². The molecule has 0 aliphatic heterocycles. The Labute approximate surface area is 133 Å². The largest absolute Gasteiger partial charge is 0.409 e. The number of amidine groups is 1. The fourth-order valence-corrected chi connectivity index (χ4v) is 2.44. The lowest BCUT2D eigenvalue weighted by atomic mass is 10.1. The van der Waals surface area contributed by atoms with E-state index in [1.807, 2.05) is 42.3 Å². The van der Waals surface area contributed by atoms with Crippen LogP contribution >= 0.6 is 23.2 Å². The van der Waals surface area contributed by atoms with Crippen molar-refractivity contribution >= 4 is 34.7 Å². The zero-order valence-corrected chi connectivity index (χ0v) is 12.9. The van der Waals surface area contributed by atoms with Crippen molar-refractivity contribution in [2.75, 3.05) is 11.9 Å². The Morgan fingerprint density at radius 1 is 1.19 bits per heavy atom. The van der Waals surface area contributed by atoms with Gasteiger partial charge >= 0.3 is 0 Å². The van der Waals surface area contributed by atoms with Gasteiger partial charge in [-0.15, -0.1) is 0 Å². The van der Waals surface area contributed by atoms with Crippen LogP contribution in [0.5, 0.6) is 0 Å². The summed E-state index contributed by atoms with van der Waals surface area (Å²) in [6, 6.07) is 13.0. The number of nitrogens with two attached hydrogens (primary N) is 1. The molecular weight excluding hydrogens is 309 g/mol. The minimum atomic E-state index is -0.0136. The van der Waals surface area contributed by atoms with Crippen molar-refractivity contribution in [1.82, 2.24) is 0 Å². The first kappa shape index (κ1) is 15.5. The number of oxime groups is 1. The number of hydrogen-bond acceptors (Lipinski definition) is 3. The molecule has 0 radical (unpaired) electrons. The molecule has 110 valence electrons. The van der Waals surface area contributed by atoms with Gasteiger partial charge in [-0.3, -0.25) is 0 Å². The van der Waals surface area contributed by atoms with Crippen molar-refractivity contribution in [2.24, 2.45) is 10.9 Å². The van der Waals surface area contributed by atoms with Crippen LogP contribution in [0.1, 0.15) is 11.1 Å². The molecule has 0 heterocycles. The molecule has 4 nitrogen and oxygen atoms in total. The smallest absolute Gasteiger partial charge is 0.171 e. The van der Waals surface area contributed by atoms with E-state index in [2.05, 4.69) is 5.16 Å². The first-order valence-corrected chi connectivity index (χ1v) is 7.00. The van der Waals surface area contributed by atoms with Crippen molar-refractivity contribution in [1.29, 1.82) is 0 Å². The molecule has 3 N–H and O–H groups in total. The van der Waals surface area contributed by atoms with E-state index in [9.17, 15) is 0 Å². The number of nitrogens with zero attached hydrogens (tertiary/aromatic N) is 2. The summed E-state index contributed by atoms with van der Waals surface area (Å²) in [4.78, 5) is 2.02. The second kappa shape index (κ2) is 6.70. The Balaban J connectivity index is 2.22. The Kier molecular flexibility index (Phi) is 4.94. The molecule has 0 aliphatic carbocycles. The molecule has 6 heteroatoms. The Morgan fingerprint density at radius 2 is 1.90 bits per heavy atom. The number of rotatable bonds is 4. The third-order valence-corrected chi connectivity index (χ3v) is 3.82. The Bertz CT molecular complexity index is 674. The third-order valence-electron chi connectivity index (χ3n) is 3.14. The molecule has 0 saturated heterocycles. The van der Waals surface area contributed by atoms with Crippen molar-refractivity contribution in [3.63, 3.8) is 0 Å². The lowest BCUT2D eigenvalue weighted by Gasteiger charge is -2.21. The van der Waals surface area contributed by atoms with Gasteiger partial charge in [0.2, 0.25) is 0 Å². The van der Waals surface area contributed by atoms with Crippen molar-refractivity contribution in [2.45, 2.75) is 6.54 Å². The highest BCUT2D eigenvalue weighted by Gasteiger charge is 2.10. The number of benzene rings is 2. The van der Waals surface area contributed by atoms with E-state index < -0.39 is 0 Å². The lowest BCUT2D eigenvalue weighted by Crippen LogP contribution is -2.18. The first-order chi connectivity index (χ1) is 10.0. The molecule has 0 atom stereocenters. The Hall–Kier alpha value is -1.91. The summed E-state index contributed by atoms with van der Waals surface area (Å²) in [5.41, 5.74) is 7.98. The van der Waals surface area contributed by atoms with E-state index >= 15 is 0 Å². The summed E-state index contributed by atoms with van der Waals surface area (Å²) in [5, 5.41) is 12.8. The van der Waals surface area contributed by atoms with Gasteiger partial charge in [-0.1, -0.05) is 46.6 Å². The van der Waals surface area contributed by atoms with Crippen LogP contribution in [0.2, 0.25) is 10.0 Å². The van der Waals surface area contributed by atoms with Crippen LogP contribution in [-0.2, 0) is 6.54 Å². The quantitative estimate of drug-likeness (QED) is 0.390. The summed E-state index contributed by atoms with van der Waals surface area (Å²) in [5.74, 6) is -0.0136. The number of anilines is 1. The highest BCUT2D eigenvalue weighted by molar-refractivity contribution is 6.34. The molecule has 0 amide bonds. The summed E-state index contributed by atoms with van der Waals surface area (Å²) < 4.78 is 0. The first-order valence-electron chi connectivity index (χ1n) is 6.25. The molecule has 2 rings (SSSR count). The van der Waals surface area contributed by atoms with Gasteiger partial charge < -0.3 is 15.8 Å². The van der Waals surface area contributed by atoms with E-state index in [0.717, 1.165) is 16.3 Å². The van der Waals surface area contributed by atoms with Gasteiger partial charge in [-0.2, -0.15) is 0 Å². The standard InChI is InChI=1S/C15H15Cl2N3O/c1-20(9-10-4-2-3-5-13(10)16)11-6-7-12(14(17)8-11)15(18)19-21/h2-8,21H,9H2,1H3,(H2,18,19). The fraction of sp³-hybridized carbons (Fsp3) is 0.133. The highest BCUT2D eigenvalue weighted by atomic mass is 35.5. The van der Waals surface area contributed by atoms with Gasteiger partial charge in [-0.25, -0.2) is 0 Å². The van der Waals surface area contributed by atoms with Crippen LogP contribution in [0.3, 0.4) is 0 Å². The molecule has 0 saturated carbocycles. The predicted molar refractivity (Wildman–Crippen MR) is 87.5 cm³/mol. The van der Waals surface area contributed by atoms with Crippen LogP contribution in [0.4, 0.5) is 5.69 Å². The van der Waals surface area contributed by atoms with E-state index in [0.29, 0.717) is 17.1 Å². The topological polar surface area (TPSA) is 61.8 Å². The second-order valence-electron chi connectivity index (χ2n) is 4.60. The zero-order chi connectivity index (χ0) is 15.4. The average molecular weight is 324 g/mol. The van der Waals surface area contributed by atoms with Gasteiger partial charge in [0.25, 0.3) is 0 Å². The average Bonchev–Trinajstić information content (AvgIpc) is 2.48. The molecule has 0 spiro atoms. The predicted octanol–water partition coefficient (Wildman–Crippen LogP) is 3.72. The summed E-state index contributed by atoms with van der Waals surface area (Å²) >= 11 is 12.3. The maximum atomic E-state index is 8.70. The fourth-order valence-electron chi connectivity index (χ4n) is 1.98. The van der Waals surface area contributed by atoms with Gasteiger partial charge in [0.1, 0.15) is 0 Å². The van der Waals surface area contributed by atoms with Crippen LogP contribution in [-0.4, -0.2) is 18.1 Å². The van der Waals surface area contributed by atoms with Crippen LogP contribution in [0.15, 0.2) is 47.6 Å². The summed E-state index contributed by atoms with van der Waals surface area (Å²) in [7, 11) is 1.94. The lowest BCUT2D eigenvalue weighted by molar-refractivity contribution is 0.318. The third kappa shape index (κ3) is 3.60. The molecule has 0 bridgehead atoms. The molecule has 0 unspecified atom stereocenters. The molecule has 0 fully saturated rings. The van der Waals surface area contributed by atoms with Gasteiger partial charge in [0.15, 0.2) is 5.84 Å². The number of halogens is 2. The van der Waals surface area contributed by atoms with Crippen molar-refractivity contribution in [3.05, 3.63) is 63.6 Å². The zero-order valence-electron chi connectivity index (χ0n) is 11.4. The summed E-state index contributed by atoms with van der Waals surface area (Å²) in [6.07, 6.45) is 0. The van der Waals surface area contributed by atoms with Crippen molar-refractivity contribution < 1.29 is 5.21 Å². The molecule has 2 aromatic rings. The van der Waals surface area contributed by atoms with Gasteiger partial charge in [0, 0.05) is 29.9 Å². The SMILES string of the molecule is CN(Cc1ccccc1Cl)c1ccc(C(N)=NO)c(Cl)c1. The maximum absolute atomic E-state index is 8.70. The van der Waals surface area contributed by atoms with Crippen LogP contribution < -0.4 is 10.6 Å². The van der Waals surface area contributed by atoms with E-state index in [-0.39, 0.29) is 5.84 Å². The molecule has 21 heavy (non-hydrogen) atoms. The Morgan fingerprint density at radius 3 is 2.52 bits per heavy atom. The minimum absolute atomic E-state index is 0.0136. The van der Waals surface area contributed by atoms with Crippen molar-refractivity contribution in [3.8, 4) is 0 Å². The van der Waals surface area contributed by atoms with E-state index in [4.69, 9.17) is 34.1 Å². The minimum Gasteiger partial charge on any atom is -0.409 e.